The smallest absolute Gasteiger partial charge is 0.238 e. The molecule has 0 aliphatic heterocycles. The molecule has 5 N–H and O–H groups in total. The van der Waals surface area contributed by atoms with Gasteiger partial charge in [0.25, 0.3) is 0 Å². The number of nitrogen functional groups attached to an aromatic ring is 1. The van der Waals surface area contributed by atoms with Crippen LogP contribution < -0.4 is 15.8 Å². The number of nitrogens with two attached hydrogens (primary N) is 1. The second-order valence-corrected chi connectivity index (χ2v) is 9.61. The maximum atomic E-state index is 12.8. The molecule has 34 heavy (non-hydrogen) atoms. The second kappa shape index (κ2) is 10.7. The van der Waals surface area contributed by atoms with Crippen LogP contribution >= 0.6 is 0 Å². The van der Waals surface area contributed by atoms with E-state index in [0.29, 0.717) is 16.7 Å². The summed E-state index contributed by atoms with van der Waals surface area (Å²) in [4.78, 5) is 12.8. The largest absolute Gasteiger partial charge is 0.384 e. The number of nitrogens with one attached hydrogen (secondary N) is 3. The van der Waals surface area contributed by atoms with Crippen LogP contribution in [0.15, 0.2) is 72.8 Å². The fourth-order valence-electron chi connectivity index (χ4n) is 3.49. The van der Waals surface area contributed by atoms with Crippen molar-refractivity contribution in [1.29, 1.82) is 10.7 Å². The van der Waals surface area contributed by atoms with Crippen LogP contribution in [-0.4, -0.2) is 32.5 Å². The molecule has 0 radical (unpaired) electrons. The van der Waals surface area contributed by atoms with Gasteiger partial charge in [-0.2, -0.15) is 5.26 Å². The fourth-order valence-corrected chi connectivity index (χ4v) is 4.20. The van der Waals surface area contributed by atoms with Crippen molar-refractivity contribution >= 4 is 21.8 Å². The summed E-state index contributed by atoms with van der Waals surface area (Å²) in [5, 5.41) is 19.6. The van der Waals surface area contributed by atoms with E-state index in [2.05, 4.69) is 16.1 Å². The first kappa shape index (κ1) is 24.6. The van der Waals surface area contributed by atoms with Crippen LogP contribution in [0, 0.1) is 16.7 Å². The molecule has 0 saturated heterocycles. The number of amides is 1. The molecule has 3 aromatic rings. The highest BCUT2D eigenvalue weighted by molar-refractivity contribution is 7.88. The lowest BCUT2D eigenvalue weighted by molar-refractivity contribution is -0.122. The van der Waals surface area contributed by atoms with Gasteiger partial charge in [-0.15, -0.1) is 0 Å². The number of nitriles is 1. The van der Waals surface area contributed by atoms with Gasteiger partial charge in [-0.25, -0.2) is 13.1 Å². The van der Waals surface area contributed by atoms with Gasteiger partial charge < -0.3 is 11.1 Å². The van der Waals surface area contributed by atoms with E-state index >= 15 is 0 Å². The number of carbonyl (C=O) groups is 1. The Kier molecular flexibility index (Phi) is 7.79. The summed E-state index contributed by atoms with van der Waals surface area (Å²) in [6.07, 6.45) is 1.10. The summed E-state index contributed by atoms with van der Waals surface area (Å²) in [5.41, 5.74) is 9.80. The number of amidine groups is 1. The molecule has 0 fully saturated rings. The molecule has 0 spiro atoms. The van der Waals surface area contributed by atoms with Crippen molar-refractivity contribution in [1.82, 2.24) is 10.0 Å². The van der Waals surface area contributed by atoms with Gasteiger partial charge in [0.2, 0.25) is 15.9 Å². The topological polar surface area (TPSA) is 149 Å². The van der Waals surface area contributed by atoms with Gasteiger partial charge in [-0.3, -0.25) is 10.2 Å². The average Bonchev–Trinajstić information content (AvgIpc) is 2.81. The average molecular weight is 476 g/mol. The highest BCUT2D eigenvalue weighted by atomic mass is 32.2. The first-order chi connectivity index (χ1) is 16.2. The minimum absolute atomic E-state index is 0.101. The zero-order valence-corrected chi connectivity index (χ0v) is 19.4. The summed E-state index contributed by atoms with van der Waals surface area (Å²) >= 11 is 0. The normalized spacial score (nSPS) is 11.9. The van der Waals surface area contributed by atoms with E-state index in [4.69, 9.17) is 11.1 Å². The summed E-state index contributed by atoms with van der Waals surface area (Å²) in [7, 11) is -3.64. The molecular weight excluding hydrogens is 450 g/mol. The van der Waals surface area contributed by atoms with Crippen molar-refractivity contribution in [2.75, 3.05) is 6.26 Å². The van der Waals surface area contributed by atoms with Gasteiger partial charge >= 0.3 is 0 Å². The third-order valence-corrected chi connectivity index (χ3v) is 5.84. The Morgan fingerprint density at radius 1 is 1.06 bits per heavy atom. The molecule has 3 rings (SSSR count). The standard InChI is InChI=1S/C25H25N5O3S/c1-34(32,33)30-23(14-18-5-4-7-20(13-18)24(27)28)25(31)29-16-17-9-11-19(12-10-17)22-8-3-2-6-21(22)15-26/h2-13,23,30H,14,16H2,1H3,(H3,27,28)(H,29,31)/t23-/m0/s1. The molecule has 0 aliphatic rings. The van der Waals surface area contributed by atoms with Crippen LogP contribution in [-0.2, 0) is 27.8 Å². The molecule has 0 heterocycles. The van der Waals surface area contributed by atoms with Gasteiger partial charge in [0.15, 0.2) is 0 Å². The molecule has 0 aliphatic carbocycles. The van der Waals surface area contributed by atoms with E-state index in [-0.39, 0.29) is 18.8 Å². The number of sulfonamides is 1. The van der Waals surface area contributed by atoms with Crippen molar-refractivity contribution in [2.45, 2.75) is 19.0 Å². The molecule has 0 unspecified atom stereocenters. The van der Waals surface area contributed by atoms with E-state index in [1.165, 1.54) is 0 Å². The molecule has 1 amide bonds. The van der Waals surface area contributed by atoms with Crippen LogP contribution in [0.3, 0.4) is 0 Å². The van der Waals surface area contributed by atoms with Crippen molar-refractivity contribution in [2.24, 2.45) is 5.73 Å². The number of carbonyl (C=O) groups excluding carboxylic acids is 1. The third kappa shape index (κ3) is 6.75. The van der Waals surface area contributed by atoms with Gasteiger partial charge in [0.05, 0.1) is 17.9 Å². The van der Waals surface area contributed by atoms with E-state index in [1.54, 1.807) is 30.3 Å². The highest BCUT2D eigenvalue weighted by Gasteiger charge is 2.22. The lowest BCUT2D eigenvalue weighted by Gasteiger charge is -2.18. The van der Waals surface area contributed by atoms with Crippen LogP contribution in [0.2, 0.25) is 0 Å². The lowest BCUT2D eigenvalue weighted by atomic mass is 9.99. The predicted octanol–water partition coefficient (Wildman–Crippen LogP) is 2.29. The number of nitrogens with zero attached hydrogens (tertiary/aromatic N) is 1. The zero-order valence-electron chi connectivity index (χ0n) is 18.6. The summed E-state index contributed by atoms with van der Waals surface area (Å²) in [5.74, 6) is -0.586. The number of rotatable bonds is 9. The maximum Gasteiger partial charge on any atom is 0.238 e. The van der Waals surface area contributed by atoms with E-state index in [1.807, 2.05) is 42.5 Å². The SMILES string of the molecule is CS(=O)(=O)N[C@@H](Cc1cccc(C(=N)N)c1)C(=O)NCc1ccc(-c2ccccc2C#N)cc1. The Balaban J connectivity index is 1.71. The van der Waals surface area contributed by atoms with E-state index in [0.717, 1.165) is 22.9 Å². The van der Waals surface area contributed by atoms with E-state index < -0.39 is 22.0 Å². The molecular formula is C25H25N5O3S. The molecule has 8 nitrogen and oxygen atoms in total. The Bertz CT molecular complexity index is 1350. The van der Waals surface area contributed by atoms with Gasteiger partial charge in [-0.05, 0) is 40.8 Å². The summed E-state index contributed by atoms with van der Waals surface area (Å²) in [6, 6.07) is 22.7. The Morgan fingerprint density at radius 3 is 2.41 bits per heavy atom. The molecule has 0 bridgehead atoms. The molecule has 1 atom stereocenters. The number of hydrogen-bond acceptors (Lipinski definition) is 5. The van der Waals surface area contributed by atoms with Crippen molar-refractivity contribution in [3.63, 3.8) is 0 Å². The summed E-state index contributed by atoms with van der Waals surface area (Å²) < 4.78 is 26.1. The van der Waals surface area contributed by atoms with E-state index in [9.17, 15) is 18.5 Å². The number of hydrogen-bond donors (Lipinski definition) is 4. The predicted molar refractivity (Wildman–Crippen MR) is 131 cm³/mol. The minimum Gasteiger partial charge on any atom is -0.384 e. The minimum atomic E-state index is -3.64. The highest BCUT2D eigenvalue weighted by Crippen LogP contribution is 2.23. The van der Waals surface area contributed by atoms with Crippen LogP contribution in [0.1, 0.15) is 22.3 Å². The molecule has 174 valence electrons. The van der Waals surface area contributed by atoms with Gasteiger partial charge in [-0.1, -0.05) is 60.7 Å². The molecule has 9 heteroatoms. The van der Waals surface area contributed by atoms with Crippen LogP contribution in [0.4, 0.5) is 0 Å². The Labute approximate surface area is 199 Å². The Morgan fingerprint density at radius 2 is 1.76 bits per heavy atom. The van der Waals surface area contributed by atoms with Crippen molar-refractivity contribution in [3.05, 3.63) is 95.1 Å². The monoisotopic (exact) mass is 475 g/mol. The van der Waals surface area contributed by atoms with Crippen molar-refractivity contribution < 1.29 is 13.2 Å². The second-order valence-electron chi connectivity index (χ2n) is 7.83. The third-order valence-electron chi connectivity index (χ3n) is 5.13. The van der Waals surface area contributed by atoms with Crippen LogP contribution in [0.25, 0.3) is 11.1 Å². The summed E-state index contributed by atoms with van der Waals surface area (Å²) in [6.45, 7) is 0.203. The first-order valence-electron chi connectivity index (χ1n) is 10.4. The quantitative estimate of drug-likeness (QED) is 0.277. The maximum absolute atomic E-state index is 12.8. The zero-order chi connectivity index (χ0) is 24.7. The lowest BCUT2D eigenvalue weighted by Crippen LogP contribution is -2.47. The van der Waals surface area contributed by atoms with Crippen LogP contribution in [0.5, 0.6) is 0 Å². The first-order valence-corrected chi connectivity index (χ1v) is 12.3. The molecule has 3 aromatic carbocycles. The van der Waals surface area contributed by atoms with Gasteiger partial charge in [0.1, 0.15) is 11.9 Å². The van der Waals surface area contributed by atoms with Gasteiger partial charge in [0, 0.05) is 12.1 Å². The molecule has 0 aromatic heterocycles. The Hall–Kier alpha value is -4.00. The number of benzene rings is 3. The fraction of sp³-hybridized carbons (Fsp3) is 0.160. The van der Waals surface area contributed by atoms with Crippen molar-refractivity contribution in [3.8, 4) is 17.2 Å². The molecule has 0 saturated carbocycles.